The summed E-state index contributed by atoms with van der Waals surface area (Å²) >= 11 is 6.76. The molecular formula is C25H24N4O3S2. The van der Waals surface area contributed by atoms with Crippen LogP contribution in [-0.4, -0.2) is 43.8 Å². The Morgan fingerprint density at radius 3 is 2.79 bits per heavy atom. The van der Waals surface area contributed by atoms with Gasteiger partial charge in [0.15, 0.2) is 0 Å². The Balaban J connectivity index is 1.51. The van der Waals surface area contributed by atoms with Crippen LogP contribution >= 0.6 is 24.0 Å². The van der Waals surface area contributed by atoms with E-state index in [9.17, 15) is 9.59 Å². The van der Waals surface area contributed by atoms with Crippen molar-refractivity contribution in [2.45, 2.75) is 31.9 Å². The van der Waals surface area contributed by atoms with E-state index in [0.717, 1.165) is 25.0 Å². The maximum absolute atomic E-state index is 13.4. The summed E-state index contributed by atoms with van der Waals surface area (Å²) in [6, 6.07) is 14.9. The first-order valence-electron chi connectivity index (χ1n) is 11.2. The van der Waals surface area contributed by atoms with Crippen LogP contribution in [0.1, 0.15) is 36.9 Å². The number of thiocarbonyl (C=S) groups is 1. The van der Waals surface area contributed by atoms with Gasteiger partial charge in [0, 0.05) is 19.3 Å². The van der Waals surface area contributed by atoms with Crippen LogP contribution in [0.5, 0.6) is 0 Å². The lowest BCUT2D eigenvalue weighted by molar-refractivity contribution is -0.123. The van der Waals surface area contributed by atoms with Crippen molar-refractivity contribution < 1.29 is 9.53 Å². The van der Waals surface area contributed by atoms with Crippen molar-refractivity contribution in [3.05, 3.63) is 81.1 Å². The second-order valence-corrected chi connectivity index (χ2v) is 9.94. The topological polar surface area (TPSA) is 75.9 Å². The van der Waals surface area contributed by atoms with Gasteiger partial charge < -0.3 is 10.1 Å². The molecule has 0 unspecified atom stereocenters. The Kier molecular flexibility index (Phi) is 6.49. The highest BCUT2D eigenvalue weighted by Gasteiger charge is 2.36. The maximum Gasteiger partial charge on any atom is 0.267 e. The van der Waals surface area contributed by atoms with Crippen LogP contribution in [0.2, 0.25) is 0 Å². The first kappa shape index (κ1) is 22.8. The minimum Gasteiger partial charge on any atom is -0.376 e. The van der Waals surface area contributed by atoms with Crippen LogP contribution < -0.4 is 10.9 Å². The van der Waals surface area contributed by atoms with Crippen LogP contribution in [0.25, 0.3) is 11.7 Å². The summed E-state index contributed by atoms with van der Waals surface area (Å²) in [6.45, 7) is 3.24. The minimum atomic E-state index is -0.248. The van der Waals surface area contributed by atoms with E-state index in [4.69, 9.17) is 17.0 Å². The van der Waals surface area contributed by atoms with Crippen molar-refractivity contribution in [2.75, 3.05) is 18.5 Å². The van der Waals surface area contributed by atoms with Crippen molar-refractivity contribution in [1.29, 1.82) is 0 Å². The van der Waals surface area contributed by atoms with E-state index in [1.807, 2.05) is 43.3 Å². The molecule has 2 aliphatic rings. The summed E-state index contributed by atoms with van der Waals surface area (Å²) in [6.07, 6.45) is 5.35. The van der Waals surface area contributed by atoms with Crippen LogP contribution in [-0.2, 0) is 9.53 Å². The van der Waals surface area contributed by atoms with E-state index in [1.165, 1.54) is 16.2 Å². The lowest BCUT2D eigenvalue weighted by atomic mass is 10.1. The summed E-state index contributed by atoms with van der Waals surface area (Å²) in [5.74, 6) is 0.224. The molecule has 0 aliphatic carbocycles. The van der Waals surface area contributed by atoms with Gasteiger partial charge in [-0.2, -0.15) is 0 Å². The number of benzene rings is 1. The lowest BCUT2D eigenvalue weighted by Gasteiger charge is -2.23. The number of rotatable bonds is 6. The van der Waals surface area contributed by atoms with Gasteiger partial charge in [-0.25, -0.2) is 4.98 Å². The third-order valence-corrected chi connectivity index (χ3v) is 7.39. The molecule has 1 N–H and O–H groups in total. The molecule has 2 atom stereocenters. The Morgan fingerprint density at radius 2 is 2.03 bits per heavy atom. The number of nitrogens with zero attached hydrogens (tertiary/aromatic N) is 3. The molecule has 1 amide bonds. The van der Waals surface area contributed by atoms with Gasteiger partial charge in [-0.1, -0.05) is 60.4 Å². The van der Waals surface area contributed by atoms with E-state index in [0.29, 0.717) is 32.8 Å². The summed E-state index contributed by atoms with van der Waals surface area (Å²) in [5, 5.41) is 3.29. The van der Waals surface area contributed by atoms with E-state index < -0.39 is 0 Å². The largest absolute Gasteiger partial charge is 0.376 e. The number of carbonyl (C=O) groups excluding carboxylic acids is 1. The SMILES string of the molecule is C[C@H](c1ccccc1)N1C(=O)/C(=C\c2c(NC[C@@H]3CCCO3)nc3ccccn3c2=O)SC1=S. The molecule has 9 heteroatoms. The average Bonchev–Trinajstić information content (AvgIpc) is 3.47. The fourth-order valence-corrected chi connectivity index (χ4v) is 5.61. The number of hydrogen-bond acceptors (Lipinski definition) is 7. The maximum atomic E-state index is 13.4. The van der Waals surface area contributed by atoms with Crippen molar-refractivity contribution in [3.8, 4) is 0 Å². The number of hydrogen-bond donors (Lipinski definition) is 1. The van der Waals surface area contributed by atoms with Crippen molar-refractivity contribution in [2.24, 2.45) is 0 Å². The van der Waals surface area contributed by atoms with Gasteiger partial charge in [0.2, 0.25) is 0 Å². The first-order chi connectivity index (χ1) is 16.5. The van der Waals surface area contributed by atoms with Crippen molar-refractivity contribution in [1.82, 2.24) is 14.3 Å². The zero-order valence-corrected chi connectivity index (χ0v) is 20.3. The monoisotopic (exact) mass is 492 g/mol. The molecule has 0 spiro atoms. The van der Waals surface area contributed by atoms with Gasteiger partial charge in [-0.3, -0.25) is 18.9 Å². The normalized spacial score (nSPS) is 20.4. The Hall–Kier alpha value is -3.01. The number of amides is 1. The number of ether oxygens (including phenoxy) is 1. The van der Waals surface area contributed by atoms with E-state index in [-0.39, 0.29) is 23.6 Å². The highest BCUT2D eigenvalue weighted by molar-refractivity contribution is 8.26. The van der Waals surface area contributed by atoms with Gasteiger partial charge in [-0.15, -0.1) is 0 Å². The smallest absolute Gasteiger partial charge is 0.267 e. The molecule has 0 saturated carbocycles. The van der Waals surface area contributed by atoms with E-state index in [1.54, 1.807) is 29.3 Å². The molecule has 7 nitrogen and oxygen atoms in total. The molecular weight excluding hydrogens is 468 g/mol. The van der Waals surface area contributed by atoms with Crippen LogP contribution in [0.3, 0.4) is 0 Å². The molecule has 5 rings (SSSR count). The molecule has 2 fully saturated rings. The molecule has 4 heterocycles. The molecule has 0 bridgehead atoms. The molecule has 2 aromatic heterocycles. The van der Waals surface area contributed by atoms with Crippen molar-refractivity contribution >= 4 is 51.7 Å². The number of aromatic nitrogens is 2. The number of thioether (sulfide) groups is 1. The number of carbonyl (C=O) groups is 1. The van der Waals surface area contributed by atoms with Gasteiger partial charge in [0.05, 0.1) is 22.6 Å². The highest BCUT2D eigenvalue weighted by atomic mass is 32.2. The summed E-state index contributed by atoms with van der Waals surface area (Å²) in [7, 11) is 0. The predicted molar refractivity (Wildman–Crippen MR) is 139 cm³/mol. The molecule has 34 heavy (non-hydrogen) atoms. The Morgan fingerprint density at radius 1 is 1.24 bits per heavy atom. The fourth-order valence-electron chi connectivity index (χ4n) is 4.21. The molecule has 174 valence electrons. The fraction of sp³-hybridized carbons (Fsp3) is 0.280. The number of nitrogens with one attached hydrogen (secondary N) is 1. The molecule has 2 saturated heterocycles. The van der Waals surface area contributed by atoms with Crippen LogP contribution in [0, 0.1) is 0 Å². The van der Waals surface area contributed by atoms with Crippen LogP contribution in [0.4, 0.5) is 5.82 Å². The molecule has 0 radical (unpaired) electrons. The molecule has 2 aliphatic heterocycles. The number of fused-ring (bicyclic) bond motifs is 1. The highest BCUT2D eigenvalue weighted by Crippen LogP contribution is 2.38. The third-order valence-electron chi connectivity index (χ3n) is 6.06. The minimum absolute atomic E-state index is 0.0776. The number of pyridine rings is 1. The van der Waals surface area contributed by atoms with Gasteiger partial charge in [0.1, 0.15) is 15.8 Å². The molecule has 1 aromatic carbocycles. The Labute approximate surface area is 206 Å². The second kappa shape index (κ2) is 9.69. The Bertz CT molecular complexity index is 1330. The van der Waals surface area contributed by atoms with Gasteiger partial charge in [-0.05, 0) is 43.5 Å². The van der Waals surface area contributed by atoms with E-state index in [2.05, 4.69) is 10.3 Å². The zero-order valence-electron chi connectivity index (χ0n) is 18.6. The summed E-state index contributed by atoms with van der Waals surface area (Å²) < 4.78 is 7.66. The van der Waals surface area contributed by atoms with Crippen molar-refractivity contribution in [3.63, 3.8) is 0 Å². The standard InChI is InChI=1S/C25H24N4O3S2/c1-16(17-8-3-2-4-9-17)29-24(31)20(34-25(29)33)14-19-22(26-15-18-10-7-13-32-18)27-21-11-5-6-12-28(21)23(19)30/h2-6,8-9,11-12,14,16,18,26H,7,10,13,15H2,1H3/b20-14+/t16-,18+/m1/s1. The predicted octanol–water partition coefficient (Wildman–Crippen LogP) is 4.25. The first-order valence-corrected chi connectivity index (χ1v) is 12.4. The zero-order chi connectivity index (χ0) is 23.7. The average molecular weight is 493 g/mol. The van der Waals surface area contributed by atoms with E-state index >= 15 is 0 Å². The third kappa shape index (κ3) is 4.38. The number of anilines is 1. The second-order valence-electron chi connectivity index (χ2n) is 8.26. The summed E-state index contributed by atoms with van der Waals surface area (Å²) in [4.78, 5) is 33.4. The quantitative estimate of drug-likeness (QED) is 0.407. The van der Waals surface area contributed by atoms with Crippen LogP contribution in [0.15, 0.2) is 64.4 Å². The molecule has 3 aromatic rings. The summed E-state index contributed by atoms with van der Waals surface area (Å²) in [5.41, 5.74) is 1.60. The lowest BCUT2D eigenvalue weighted by Crippen LogP contribution is -2.31. The van der Waals surface area contributed by atoms with Gasteiger partial charge >= 0.3 is 0 Å². The van der Waals surface area contributed by atoms with Gasteiger partial charge in [0.25, 0.3) is 11.5 Å².